The number of alkyl halides is 1. The summed E-state index contributed by atoms with van der Waals surface area (Å²) >= 11 is 3.85. The zero-order valence-electron chi connectivity index (χ0n) is 26.2. The van der Waals surface area contributed by atoms with Crippen LogP contribution in [0.3, 0.4) is 0 Å². The van der Waals surface area contributed by atoms with Gasteiger partial charge in [-0.15, -0.1) is 0 Å². The van der Waals surface area contributed by atoms with E-state index in [0.717, 1.165) is 0 Å². The van der Waals surface area contributed by atoms with E-state index in [1.807, 2.05) is 13.8 Å². The highest BCUT2D eigenvalue weighted by atomic mass is 79.9. The topological polar surface area (TPSA) is 151 Å². The highest BCUT2D eigenvalue weighted by Crippen LogP contribution is 2.77. The lowest BCUT2D eigenvalue weighted by Gasteiger charge is -2.51. The van der Waals surface area contributed by atoms with E-state index in [1.54, 1.807) is 49.4 Å². The summed E-state index contributed by atoms with van der Waals surface area (Å²) in [4.78, 5) is 53.2. The minimum atomic E-state index is -1.68. The zero-order valence-corrected chi connectivity index (χ0v) is 27.8. The van der Waals surface area contributed by atoms with Crippen molar-refractivity contribution >= 4 is 39.4 Å². The molecule has 3 aliphatic carbocycles. The number of nitrogens with zero attached hydrogens (tertiary/aromatic N) is 1. The van der Waals surface area contributed by atoms with Crippen molar-refractivity contribution in [2.45, 2.75) is 62.4 Å². The molecule has 11 nitrogen and oxygen atoms in total. The number of esters is 2. The molecule has 3 aromatic carbocycles. The minimum absolute atomic E-state index is 0.00181. The third-order valence-electron chi connectivity index (χ3n) is 10.5. The number of hydrogen-bond donors (Lipinski definition) is 1. The summed E-state index contributed by atoms with van der Waals surface area (Å²) in [7, 11) is 0. The fourth-order valence-corrected chi connectivity index (χ4v) is 10.0. The van der Waals surface area contributed by atoms with Gasteiger partial charge >= 0.3 is 11.9 Å². The Bertz CT molecular complexity index is 2250. The number of aliphatic hydroxyl groups is 1. The predicted octanol–water partition coefficient (Wildman–Crippen LogP) is 5.36. The summed E-state index contributed by atoms with van der Waals surface area (Å²) in [5, 5.41) is 16.3. The van der Waals surface area contributed by atoms with Gasteiger partial charge in [-0.1, -0.05) is 39.3 Å². The number of fused-ring (bicyclic) bond motifs is 6. The van der Waals surface area contributed by atoms with Crippen LogP contribution in [0.15, 0.2) is 47.0 Å². The number of hydrogen-bond acceptors (Lipinski definition) is 11. The van der Waals surface area contributed by atoms with E-state index in [0.29, 0.717) is 33.5 Å². The summed E-state index contributed by atoms with van der Waals surface area (Å²) in [5.41, 5.74) is 1.79. The van der Waals surface area contributed by atoms with Gasteiger partial charge < -0.3 is 28.6 Å². The van der Waals surface area contributed by atoms with Gasteiger partial charge in [0.05, 0.1) is 27.1 Å². The van der Waals surface area contributed by atoms with Gasteiger partial charge in [0.15, 0.2) is 11.5 Å². The number of benzene rings is 3. The summed E-state index contributed by atoms with van der Waals surface area (Å²) in [6.45, 7) is 7.99. The normalized spacial score (nSPS) is 29.5. The second kappa shape index (κ2) is 9.07. The average Bonchev–Trinajstić information content (AvgIpc) is 3.64. The zero-order chi connectivity index (χ0) is 33.8. The molecule has 242 valence electrons. The number of halogens is 1. The molecule has 6 atom stereocenters. The maximum atomic E-state index is 14.7. The summed E-state index contributed by atoms with van der Waals surface area (Å²) in [6.07, 6.45) is -1.73. The number of aliphatic hydroxyl groups excluding tert-OH is 1. The van der Waals surface area contributed by atoms with Gasteiger partial charge in [0.1, 0.15) is 34.5 Å². The van der Waals surface area contributed by atoms with Crippen LogP contribution in [0.2, 0.25) is 0 Å². The molecule has 1 saturated heterocycles. The van der Waals surface area contributed by atoms with Gasteiger partial charge in [0, 0.05) is 47.6 Å². The van der Waals surface area contributed by atoms with Crippen molar-refractivity contribution in [3.8, 4) is 28.5 Å². The van der Waals surface area contributed by atoms with Crippen molar-refractivity contribution in [1.29, 1.82) is 0 Å². The summed E-state index contributed by atoms with van der Waals surface area (Å²) in [5.74, 6) is -3.97. The molecule has 1 fully saturated rings. The molecular formula is C36H26BrNO10. The van der Waals surface area contributed by atoms with Crippen molar-refractivity contribution in [2.24, 2.45) is 5.92 Å². The predicted molar refractivity (Wildman–Crippen MR) is 168 cm³/mol. The quantitative estimate of drug-likeness (QED) is 0.143. The highest BCUT2D eigenvalue weighted by molar-refractivity contribution is 9.10. The first-order chi connectivity index (χ1) is 22.8. The molecule has 0 unspecified atom stereocenters. The maximum absolute atomic E-state index is 14.7. The summed E-state index contributed by atoms with van der Waals surface area (Å²) in [6, 6.07) is 11.6. The lowest BCUT2D eigenvalue weighted by atomic mass is 9.51. The molecule has 1 aromatic heterocycles. The first-order valence-corrected chi connectivity index (χ1v) is 16.2. The molecule has 1 spiro atoms. The molecule has 0 bridgehead atoms. The van der Waals surface area contributed by atoms with Gasteiger partial charge in [-0.05, 0) is 50.6 Å². The molecule has 5 aliphatic rings. The van der Waals surface area contributed by atoms with Crippen LogP contribution in [0.5, 0.6) is 17.2 Å². The Morgan fingerprint density at radius 1 is 0.938 bits per heavy atom. The van der Waals surface area contributed by atoms with Crippen LogP contribution < -0.4 is 14.2 Å². The molecule has 0 saturated carbocycles. The largest absolute Gasteiger partial charge is 0.455 e. The smallest absolute Gasteiger partial charge is 0.308 e. The van der Waals surface area contributed by atoms with Crippen molar-refractivity contribution < 1.29 is 47.8 Å². The van der Waals surface area contributed by atoms with Crippen molar-refractivity contribution in [3.63, 3.8) is 0 Å². The number of ketones is 2. The molecule has 0 amide bonds. The lowest BCUT2D eigenvalue weighted by molar-refractivity contribution is -0.187. The molecule has 4 aromatic rings. The van der Waals surface area contributed by atoms with Crippen LogP contribution in [0.1, 0.15) is 93.7 Å². The third kappa shape index (κ3) is 3.14. The fourth-order valence-electron chi connectivity index (χ4n) is 9.08. The van der Waals surface area contributed by atoms with Gasteiger partial charge in [0.25, 0.3) is 5.79 Å². The Balaban J connectivity index is 1.40. The van der Waals surface area contributed by atoms with E-state index in [2.05, 4.69) is 21.1 Å². The number of carbonyl (C=O) groups excluding carboxylic acids is 4. The Labute approximate surface area is 281 Å². The van der Waals surface area contributed by atoms with E-state index >= 15 is 0 Å². The van der Waals surface area contributed by atoms with Crippen LogP contribution in [-0.2, 0) is 25.5 Å². The number of carbonyl (C=O) groups is 4. The van der Waals surface area contributed by atoms with Crippen molar-refractivity contribution in [3.05, 3.63) is 92.7 Å². The number of ether oxygens (including phenoxy) is 4. The van der Waals surface area contributed by atoms with Gasteiger partial charge in [-0.2, -0.15) is 0 Å². The first kappa shape index (κ1) is 29.5. The second-order valence-corrected chi connectivity index (χ2v) is 14.9. The Morgan fingerprint density at radius 3 is 2.40 bits per heavy atom. The highest BCUT2D eigenvalue weighted by Gasteiger charge is 2.82. The maximum Gasteiger partial charge on any atom is 0.308 e. The molecule has 3 heterocycles. The standard InChI is InChI=1S/C36H26BrNO10/c1-13-11-18-23(22(12-13)45-16(4)40)29(42)24-17(28(18)41)9-10-20-30(24)47-36-19-7-6-8-21(44-15(3)39)25(19)27-26-31(48-38-27)33(43)34(5,37)32(14(2)46-36)35(20,26)36/h6-12,14,32-33,43H,1-5H3/t14-,32+,33+,34+,35-,36+/m1/s1. The van der Waals surface area contributed by atoms with E-state index in [-0.39, 0.29) is 45.3 Å². The Kier molecular flexibility index (Phi) is 5.57. The van der Waals surface area contributed by atoms with E-state index < -0.39 is 57.2 Å². The monoisotopic (exact) mass is 711 g/mol. The van der Waals surface area contributed by atoms with E-state index in [4.69, 9.17) is 23.5 Å². The molecule has 9 rings (SSSR count). The van der Waals surface area contributed by atoms with Gasteiger partial charge in [-0.25, -0.2) is 0 Å². The van der Waals surface area contributed by atoms with E-state index in [1.165, 1.54) is 13.8 Å². The molecule has 12 heteroatoms. The van der Waals surface area contributed by atoms with Crippen LogP contribution in [0.25, 0.3) is 11.3 Å². The van der Waals surface area contributed by atoms with Crippen LogP contribution >= 0.6 is 15.9 Å². The number of rotatable bonds is 2. The number of aromatic nitrogens is 1. The fraction of sp³-hybridized carbons (Fsp3) is 0.306. The van der Waals surface area contributed by atoms with Crippen molar-refractivity contribution in [1.82, 2.24) is 5.16 Å². The SMILES string of the molecule is CC(=O)Oc1cc(C)cc2c1C(=O)c1c(ccc3c1O[C@]14O[C@H](C)[C@H]5[C@](C)(Br)[C@@H](O)c6onc(c6[C@]351)-c1c(OC(C)=O)cccc14)C2=O. The van der Waals surface area contributed by atoms with Crippen LogP contribution in [-0.4, -0.2) is 44.2 Å². The first-order valence-electron chi connectivity index (χ1n) is 15.4. The van der Waals surface area contributed by atoms with Crippen LogP contribution in [0.4, 0.5) is 0 Å². The average molecular weight is 713 g/mol. The molecule has 48 heavy (non-hydrogen) atoms. The lowest BCUT2D eigenvalue weighted by Crippen LogP contribution is -2.60. The Morgan fingerprint density at radius 2 is 1.67 bits per heavy atom. The molecule has 1 N–H and O–H groups in total. The molecule has 0 radical (unpaired) electrons. The third-order valence-corrected chi connectivity index (χ3v) is 11.4. The van der Waals surface area contributed by atoms with Crippen molar-refractivity contribution in [2.75, 3.05) is 0 Å². The number of aryl methyl sites for hydroxylation is 1. The van der Waals surface area contributed by atoms with Gasteiger partial charge in [-0.3, -0.25) is 19.2 Å². The Hall–Kier alpha value is -4.65. The summed E-state index contributed by atoms with van der Waals surface area (Å²) < 4.78 is 30.0. The van der Waals surface area contributed by atoms with Crippen LogP contribution in [0, 0.1) is 12.8 Å². The second-order valence-electron chi connectivity index (χ2n) is 13.2. The molecular weight excluding hydrogens is 686 g/mol. The minimum Gasteiger partial charge on any atom is -0.455 e. The van der Waals surface area contributed by atoms with E-state index in [9.17, 15) is 24.3 Å². The molecule has 2 aliphatic heterocycles. The van der Waals surface area contributed by atoms with Gasteiger partial charge in [0.2, 0.25) is 5.78 Å².